The second kappa shape index (κ2) is 4.57. The van der Waals surface area contributed by atoms with Crippen molar-refractivity contribution >= 4 is 17.6 Å². The van der Waals surface area contributed by atoms with Crippen molar-refractivity contribution in [1.82, 2.24) is 0 Å². The molecular weight excluding hydrogens is 218 g/mol. The van der Waals surface area contributed by atoms with Crippen molar-refractivity contribution in [3.63, 3.8) is 0 Å². The fourth-order valence-electron chi connectivity index (χ4n) is 1.55. The molecule has 1 aromatic carbocycles. The second-order valence-electron chi connectivity index (χ2n) is 4.21. The summed E-state index contributed by atoms with van der Waals surface area (Å²) in [7, 11) is 0. The molecule has 1 saturated carbocycles. The summed E-state index contributed by atoms with van der Waals surface area (Å²) in [6.07, 6.45) is 0.861. The van der Waals surface area contributed by atoms with Gasteiger partial charge in [-0.25, -0.2) is 0 Å². The number of aliphatic carboxylic acids is 1. The Kier molecular flexibility index (Phi) is 3.56. The summed E-state index contributed by atoms with van der Waals surface area (Å²) in [6.45, 7) is 1.95. The lowest BCUT2D eigenvalue weighted by atomic mass is 10.1. The van der Waals surface area contributed by atoms with Gasteiger partial charge in [-0.05, 0) is 31.9 Å². The number of rotatable bonds is 3. The van der Waals surface area contributed by atoms with Gasteiger partial charge in [0.2, 0.25) is 5.91 Å². The number of carboxylic acid groups (broad SMARTS) is 1. The highest BCUT2D eigenvalue weighted by Crippen LogP contribution is 2.46. The molecule has 1 aliphatic rings. The molecule has 0 aliphatic heterocycles. The fraction of sp³-hybridized carbons (Fsp3) is 0.385. The summed E-state index contributed by atoms with van der Waals surface area (Å²) in [5.74, 6) is -1.44. The van der Waals surface area contributed by atoms with Crippen molar-refractivity contribution in [2.45, 2.75) is 27.2 Å². The fourth-order valence-corrected chi connectivity index (χ4v) is 1.55. The lowest BCUT2D eigenvalue weighted by Crippen LogP contribution is -2.31. The topological polar surface area (TPSA) is 66.4 Å². The van der Waals surface area contributed by atoms with E-state index in [1.165, 1.54) is 0 Å². The molecule has 0 bridgehead atoms. The van der Waals surface area contributed by atoms with Gasteiger partial charge in [-0.1, -0.05) is 25.1 Å². The van der Waals surface area contributed by atoms with Gasteiger partial charge in [-0.3, -0.25) is 9.59 Å². The van der Waals surface area contributed by atoms with E-state index in [0.717, 1.165) is 5.56 Å². The number of carboxylic acids is 1. The van der Waals surface area contributed by atoms with E-state index in [-0.39, 0.29) is 7.43 Å². The van der Waals surface area contributed by atoms with Gasteiger partial charge in [0.15, 0.2) is 0 Å². The van der Waals surface area contributed by atoms with Gasteiger partial charge in [-0.15, -0.1) is 0 Å². The molecular formula is C13H17NO3. The number of carbonyl (C=O) groups excluding carboxylic acids is 1. The average Bonchev–Trinajstić information content (AvgIpc) is 3.02. The van der Waals surface area contributed by atoms with Crippen molar-refractivity contribution < 1.29 is 14.7 Å². The summed E-state index contributed by atoms with van der Waals surface area (Å²) < 4.78 is 0. The maximum absolute atomic E-state index is 11.7. The molecule has 17 heavy (non-hydrogen) atoms. The van der Waals surface area contributed by atoms with Crippen LogP contribution < -0.4 is 5.32 Å². The first-order chi connectivity index (χ1) is 7.54. The van der Waals surface area contributed by atoms with E-state index in [4.69, 9.17) is 5.11 Å². The molecule has 1 amide bonds. The summed E-state index contributed by atoms with van der Waals surface area (Å²) in [5.41, 5.74) is 0.561. The SMILES string of the molecule is C.Cc1ccc(NC(=O)C2(C(=O)O)CC2)cc1. The maximum Gasteiger partial charge on any atom is 0.319 e. The number of amides is 1. The minimum absolute atomic E-state index is 0. The van der Waals surface area contributed by atoms with E-state index in [0.29, 0.717) is 18.5 Å². The monoisotopic (exact) mass is 235 g/mol. The second-order valence-corrected chi connectivity index (χ2v) is 4.21. The Morgan fingerprint density at radius 1 is 1.24 bits per heavy atom. The molecule has 0 spiro atoms. The number of carbonyl (C=O) groups is 2. The van der Waals surface area contributed by atoms with E-state index < -0.39 is 17.3 Å². The van der Waals surface area contributed by atoms with E-state index >= 15 is 0 Å². The van der Waals surface area contributed by atoms with Gasteiger partial charge in [0.05, 0.1) is 0 Å². The van der Waals surface area contributed by atoms with Crippen LogP contribution in [0.1, 0.15) is 25.8 Å². The number of aryl methyl sites for hydroxylation is 1. The van der Waals surface area contributed by atoms with Crippen LogP contribution in [-0.2, 0) is 9.59 Å². The van der Waals surface area contributed by atoms with E-state index in [2.05, 4.69) is 5.32 Å². The summed E-state index contributed by atoms with van der Waals surface area (Å²) in [4.78, 5) is 22.6. The van der Waals surface area contributed by atoms with Crippen molar-refractivity contribution in [3.8, 4) is 0 Å². The van der Waals surface area contributed by atoms with Crippen LogP contribution >= 0.6 is 0 Å². The predicted molar refractivity (Wildman–Crippen MR) is 65.8 cm³/mol. The summed E-state index contributed by atoms with van der Waals surface area (Å²) in [5, 5.41) is 11.6. The summed E-state index contributed by atoms with van der Waals surface area (Å²) >= 11 is 0. The van der Waals surface area contributed by atoms with Crippen LogP contribution in [0, 0.1) is 12.3 Å². The number of benzene rings is 1. The average molecular weight is 235 g/mol. The van der Waals surface area contributed by atoms with Gasteiger partial charge < -0.3 is 10.4 Å². The van der Waals surface area contributed by atoms with Crippen LogP contribution in [0.5, 0.6) is 0 Å². The molecule has 0 aromatic heterocycles. The van der Waals surface area contributed by atoms with Crippen LogP contribution in [0.2, 0.25) is 0 Å². The Labute approximate surface area is 101 Å². The smallest absolute Gasteiger partial charge is 0.319 e. The van der Waals surface area contributed by atoms with Crippen molar-refractivity contribution in [2.24, 2.45) is 5.41 Å². The number of hydrogen-bond acceptors (Lipinski definition) is 2. The molecule has 1 fully saturated rings. The van der Waals surface area contributed by atoms with Crippen LogP contribution in [0.15, 0.2) is 24.3 Å². The van der Waals surface area contributed by atoms with Crippen molar-refractivity contribution in [2.75, 3.05) is 5.32 Å². The van der Waals surface area contributed by atoms with Gasteiger partial charge in [-0.2, -0.15) is 0 Å². The molecule has 1 aromatic rings. The third-order valence-electron chi connectivity index (χ3n) is 2.90. The van der Waals surface area contributed by atoms with Crippen LogP contribution in [0.3, 0.4) is 0 Å². The van der Waals surface area contributed by atoms with Crippen molar-refractivity contribution in [1.29, 1.82) is 0 Å². The highest BCUT2D eigenvalue weighted by atomic mass is 16.4. The molecule has 0 unspecified atom stereocenters. The normalized spacial score (nSPS) is 15.6. The quantitative estimate of drug-likeness (QED) is 0.791. The first-order valence-electron chi connectivity index (χ1n) is 5.16. The standard InChI is InChI=1S/C12H13NO3.CH4/c1-8-2-4-9(5-3-8)13-10(14)12(6-7-12)11(15)16;/h2-5H,6-7H2,1H3,(H,13,14)(H,15,16);1H4. The Balaban J connectivity index is 0.00000144. The highest BCUT2D eigenvalue weighted by molar-refractivity contribution is 6.10. The van der Waals surface area contributed by atoms with Crippen LogP contribution in [-0.4, -0.2) is 17.0 Å². The van der Waals surface area contributed by atoms with Crippen LogP contribution in [0.4, 0.5) is 5.69 Å². The molecule has 0 atom stereocenters. The first kappa shape index (κ1) is 13.2. The Hall–Kier alpha value is -1.84. The molecule has 92 valence electrons. The summed E-state index contributed by atoms with van der Waals surface area (Å²) in [6, 6.07) is 7.28. The molecule has 4 nitrogen and oxygen atoms in total. The minimum atomic E-state index is -1.18. The van der Waals surface area contributed by atoms with E-state index in [1.54, 1.807) is 12.1 Å². The lowest BCUT2D eigenvalue weighted by Gasteiger charge is -2.10. The zero-order valence-corrected chi connectivity index (χ0v) is 8.99. The van der Waals surface area contributed by atoms with E-state index in [9.17, 15) is 9.59 Å². The molecule has 0 heterocycles. The highest BCUT2D eigenvalue weighted by Gasteiger charge is 2.57. The van der Waals surface area contributed by atoms with E-state index in [1.807, 2.05) is 19.1 Å². The largest absolute Gasteiger partial charge is 0.480 e. The van der Waals surface area contributed by atoms with Gasteiger partial charge in [0.25, 0.3) is 0 Å². The molecule has 2 rings (SSSR count). The minimum Gasteiger partial charge on any atom is -0.480 e. The third kappa shape index (κ3) is 2.46. The van der Waals surface area contributed by atoms with Gasteiger partial charge >= 0.3 is 5.97 Å². The lowest BCUT2D eigenvalue weighted by molar-refractivity contribution is -0.147. The maximum atomic E-state index is 11.7. The first-order valence-corrected chi connectivity index (χ1v) is 5.16. The van der Waals surface area contributed by atoms with Crippen molar-refractivity contribution in [3.05, 3.63) is 29.8 Å². The van der Waals surface area contributed by atoms with Gasteiger partial charge in [0.1, 0.15) is 5.41 Å². The Bertz CT molecular complexity index is 432. The number of anilines is 1. The number of hydrogen-bond donors (Lipinski definition) is 2. The predicted octanol–water partition coefficient (Wildman–Crippen LogP) is 2.43. The third-order valence-corrected chi connectivity index (χ3v) is 2.90. The number of nitrogens with one attached hydrogen (secondary N) is 1. The molecule has 1 aliphatic carbocycles. The zero-order valence-electron chi connectivity index (χ0n) is 8.99. The zero-order chi connectivity index (χ0) is 11.8. The molecule has 4 heteroatoms. The van der Waals surface area contributed by atoms with Crippen LogP contribution in [0.25, 0.3) is 0 Å². The molecule has 0 saturated heterocycles. The Morgan fingerprint density at radius 3 is 2.18 bits per heavy atom. The molecule has 2 N–H and O–H groups in total. The van der Waals surface area contributed by atoms with Gasteiger partial charge in [0, 0.05) is 5.69 Å². The molecule has 0 radical (unpaired) electrons. The Morgan fingerprint density at radius 2 is 1.76 bits per heavy atom.